The van der Waals surface area contributed by atoms with E-state index in [1.807, 2.05) is 6.92 Å². The van der Waals surface area contributed by atoms with E-state index in [4.69, 9.17) is 0 Å². The lowest BCUT2D eigenvalue weighted by molar-refractivity contribution is 0.159. The molecule has 1 heterocycles. The fraction of sp³-hybridized carbons (Fsp3) is 0.600. The van der Waals surface area contributed by atoms with Crippen molar-refractivity contribution in [2.45, 2.75) is 32.4 Å². The molecule has 0 amide bonds. The number of hydrogen-bond donors (Lipinski definition) is 2. The Hall–Kier alpha value is -1.00. The first-order valence-corrected chi connectivity index (χ1v) is 4.97. The molecular formula is C10H17N3O. The van der Waals surface area contributed by atoms with E-state index in [1.165, 1.54) is 0 Å². The van der Waals surface area contributed by atoms with E-state index in [0.29, 0.717) is 6.54 Å². The van der Waals surface area contributed by atoms with Gasteiger partial charge >= 0.3 is 0 Å². The van der Waals surface area contributed by atoms with Gasteiger partial charge in [0.05, 0.1) is 12.6 Å². The molecule has 1 atom stereocenters. The van der Waals surface area contributed by atoms with Crippen LogP contribution in [0.4, 0.5) is 0 Å². The molecule has 0 aromatic carbocycles. The number of aromatic nitrogens is 2. The van der Waals surface area contributed by atoms with Gasteiger partial charge in [-0.3, -0.25) is 0 Å². The molecule has 78 valence electrons. The van der Waals surface area contributed by atoms with Crippen molar-refractivity contribution >= 4 is 0 Å². The molecular weight excluding hydrogens is 178 g/mol. The van der Waals surface area contributed by atoms with Crippen LogP contribution in [0, 0.1) is 0 Å². The van der Waals surface area contributed by atoms with Gasteiger partial charge in [-0.05, 0) is 25.5 Å². The van der Waals surface area contributed by atoms with Crippen LogP contribution in [-0.2, 0) is 6.54 Å². The maximum absolute atomic E-state index is 9.28. The molecule has 0 aliphatic heterocycles. The summed E-state index contributed by atoms with van der Waals surface area (Å²) >= 11 is 0. The quantitative estimate of drug-likeness (QED) is 0.657. The van der Waals surface area contributed by atoms with Gasteiger partial charge in [-0.15, -0.1) is 0 Å². The highest BCUT2D eigenvalue weighted by Gasteiger charge is 1.99. The van der Waals surface area contributed by atoms with Crippen molar-refractivity contribution in [1.82, 2.24) is 15.3 Å². The second kappa shape index (κ2) is 6.45. The maximum atomic E-state index is 9.28. The highest BCUT2D eigenvalue weighted by molar-refractivity contribution is 4.87. The lowest BCUT2D eigenvalue weighted by atomic mass is 10.2. The molecule has 4 heteroatoms. The van der Waals surface area contributed by atoms with Crippen molar-refractivity contribution in [3.8, 4) is 0 Å². The minimum Gasteiger partial charge on any atom is -0.393 e. The van der Waals surface area contributed by atoms with Crippen LogP contribution in [0.2, 0.25) is 0 Å². The summed E-state index contributed by atoms with van der Waals surface area (Å²) in [5.74, 6) is 0.790. The van der Waals surface area contributed by atoms with Crippen molar-refractivity contribution in [1.29, 1.82) is 0 Å². The fourth-order valence-corrected chi connectivity index (χ4v) is 1.09. The molecule has 0 saturated heterocycles. The summed E-state index contributed by atoms with van der Waals surface area (Å²) in [7, 11) is 0. The Labute approximate surface area is 84.4 Å². The van der Waals surface area contributed by atoms with E-state index in [-0.39, 0.29) is 6.10 Å². The van der Waals surface area contributed by atoms with Crippen LogP contribution in [-0.4, -0.2) is 27.7 Å². The highest BCUT2D eigenvalue weighted by atomic mass is 16.3. The Kier molecular flexibility index (Phi) is 5.11. The van der Waals surface area contributed by atoms with Gasteiger partial charge in [0.2, 0.25) is 0 Å². The summed E-state index contributed by atoms with van der Waals surface area (Å²) in [5, 5.41) is 12.5. The van der Waals surface area contributed by atoms with Gasteiger partial charge in [0.15, 0.2) is 0 Å². The van der Waals surface area contributed by atoms with Crippen LogP contribution in [0.1, 0.15) is 25.6 Å². The highest BCUT2D eigenvalue weighted by Crippen LogP contribution is 1.94. The summed E-state index contributed by atoms with van der Waals surface area (Å²) in [4.78, 5) is 8.16. The van der Waals surface area contributed by atoms with Gasteiger partial charge in [0, 0.05) is 12.4 Å². The number of nitrogens with zero attached hydrogens (tertiary/aromatic N) is 2. The molecule has 0 radical (unpaired) electrons. The molecule has 1 rings (SSSR count). The average molecular weight is 195 g/mol. The smallest absolute Gasteiger partial charge is 0.141 e. The number of hydrogen-bond acceptors (Lipinski definition) is 4. The van der Waals surface area contributed by atoms with Crippen LogP contribution in [0.15, 0.2) is 18.5 Å². The zero-order valence-corrected chi connectivity index (χ0v) is 8.48. The Morgan fingerprint density at radius 3 is 2.79 bits per heavy atom. The predicted octanol–water partition coefficient (Wildman–Crippen LogP) is 0.727. The van der Waals surface area contributed by atoms with E-state index < -0.39 is 0 Å². The minimum absolute atomic E-state index is 0.195. The first kappa shape index (κ1) is 11.1. The molecule has 0 bridgehead atoms. The zero-order valence-electron chi connectivity index (χ0n) is 8.48. The number of aliphatic hydroxyl groups excluding tert-OH is 1. The predicted molar refractivity (Wildman–Crippen MR) is 54.7 cm³/mol. The zero-order chi connectivity index (χ0) is 10.2. The molecule has 2 N–H and O–H groups in total. The van der Waals surface area contributed by atoms with Crippen molar-refractivity contribution in [2.75, 3.05) is 6.54 Å². The second-order valence-corrected chi connectivity index (χ2v) is 3.19. The van der Waals surface area contributed by atoms with Crippen molar-refractivity contribution in [3.63, 3.8) is 0 Å². The van der Waals surface area contributed by atoms with E-state index >= 15 is 0 Å². The van der Waals surface area contributed by atoms with Crippen LogP contribution in [0.5, 0.6) is 0 Å². The average Bonchev–Trinajstić information content (AvgIpc) is 2.25. The van der Waals surface area contributed by atoms with Gasteiger partial charge < -0.3 is 10.4 Å². The summed E-state index contributed by atoms with van der Waals surface area (Å²) in [6.45, 7) is 3.44. The van der Waals surface area contributed by atoms with Gasteiger partial charge in [0.25, 0.3) is 0 Å². The molecule has 0 fully saturated rings. The SMILES string of the molecule is CCC(O)CCNCc1ncccn1. The third kappa shape index (κ3) is 4.30. The van der Waals surface area contributed by atoms with Gasteiger partial charge in [-0.25, -0.2) is 9.97 Å². The van der Waals surface area contributed by atoms with Crippen molar-refractivity contribution in [2.24, 2.45) is 0 Å². The largest absolute Gasteiger partial charge is 0.393 e. The Balaban J connectivity index is 2.10. The first-order chi connectivity index (χ1) is 6.83. The monoisotopic (exact) mass is 195 g/mol. The van der Waals surface area contributed by atoms with Gasteiger partial charge in [-0.2, -0.15) is 0 Å². The van der Waals surface area contributed by atoms with E-state index in [9.17, 15) is 5.11 Å². The molecule has 0 spiro atoms. The number of rotatable bonds is 6. The number of nitrogens with one attached hydrogen (secondary N) is 1. The van der Waals surface area contributed by atoms with Crippen LogP contribution in [0.3, 0.4) is 0 Å². The molecule has 1 unspecified atom stereocenters. The molecule has 0 aliphatic rings. The van der Waals surface area contributed by atoms with Gasteiger partial charge in [0.1, 0.15) is 5.82 Å². The molecule has 4 nitrogen and oxygen atoms in total. The Bertz CT molecular complexity index is 240. The second-order valence-electron chi connectivity index (χ2n) is 3.19. The number of aliphatic hydroxyl groups is 1. The van der Waals surface area contributed by atoms with E-state index in [0.717, 1.165) is 25.2 Å². The van der Waals surface area contributed by atoms with E-state index in [2.05, 4.69) is 15.3 Å². The fourth-order valence-electron chi connectivity index (χ4n) is 1.09. The van der Waals surface area contributed by atoms with Crippen molar-refractivity contribution < 1.29 is 5.11 Å². The Morgan fingerprint density at radius 1 is 1.43 bits per heavy atom. The van der Waals surface area contributed by atoms with Gasteiger partial charge in [-0.1, -0.05) is 6.92 Å². The normalized spacial score (nSPS) is 12.7. The summed E-state index contributed by atoms with van der Waals surface area (Å²) in [6.07, 6.45) is 4.85. The lowest BCUT2D eigenvalue weighted by Crippen LogP contribution is -2.20. The molecule has 1 aromatic heterocycles. The maximum Gasteiger partial charge on any atom is 0.141 e. The van der Waals surface area contributed by atoms with Crippen LogP contribution < -0.4 is 5.32 Å². The standard InChI is InChI=1S/C10H17N3O/c1-2-9(14)4-7-11-8-10-12-5-3-6-13-10/h3,5-6,9,11,14H,2,4,7-8H2,1H3. The minimum atomic E-state index is -0.195. The first-order valence-electron chi connectivity index (χ1n) is 4.97. The molecule has 1 aromatic rings. The van der Waals surface area contributed by atoms with Crippen molar-refractivity contribution in [3.05, 3.63) is 24.3 Å². The third-order valence-corrected chi connectivity index (χ3v) is 2.03. The molecule has 14 heavy (non-hydrogen) atoms. The van der Waals surface area contributed by atoms with Crippen LogP contribution in [0.25, 0.3) is 0 Å². The topological polar surface area (TPSA) is 58.0 Å². The van der Waals surface area contributed by atoms with E-state index in [1.54, 1.807) is 18.5 Å². The lowest BCUT2D eigenvalue weighted by Gasteiger charge is -2.07. The molecule has 0 aliphatic carbocycles. The van der Waals surface area contributed by atoms with Crippen LogP contribution >= 0.6 is 0 Å². The Morgan fingerprint density at radius 2 is 2.14 bits per heavy atom. The third-order valence-electron chi connectivity index (χ3n) is 2.03. The summed E-state index contributed by atoms with van der Waals surface area (Å²) < 4.78 is 0. The summed E-state index contributed by atoms with van der Waals surface area (Å²) in [5.41, 5.74) is 0. The summed E-state index contributed by atoms with van der Waals surface area (Å²) in [6, 6.07) is 1.80. The molecule has 0 saturated carbocycles.